The third-order valence-electron chi connectivity index (χ3n) is 1.56. The second-order valence-corrected chi connectivity index (χ2v) is 2.53. The molecule has 0 saturated heterocycles. The molecule has 11 heavy (non-hydrogen) atoms. The summed E-state index contributed by atoms with van der Waals surface area (Å²) in [7, 11) is 0. The van der Waals surface area contributed by atoms with E-state index in [1.165, 1.54) is 6.39 Å². The van der Waals surface area contributed by atoms with Gasteiger partial charge in [-0.25, -0.2) is 0 Å². The van der Waals surface area contributed by atoms with Crippen LogP contribution in [0.5, 0.6) is 0 Å². The van der Waals surface area contributed by atoms with E-state index in [4.69, 9.17) is 10.2 Å². The molecule has 0 aromatic carbocycles. The number of nitrogens with two attached hydrogens (primary N) is 1. The van der Waals surface area contributed by atoms with Crippen molar-refractivity contribution in [3.05, 3.63) is 12.3 Å². The van der Waals surface area contributed by atoms with Crippen molar-refractivity contribution in [1.82, 2.24) is 10.2 Å². The largest absolute Gasteiger partial charge is 0.426 e. The van der Waals surface area contributed by atoms with E-state index >= 15 is 0 Å². The number of rotatable bonds is 4. The fourth-order valence-corrected chi connectivity index (χ4v) is 0.891. The third-order valence-corrected chi connectivity index (χ3v) is 1.56. The average molecular weight is 155 g/mol. The van der Waals surface area contributed by atoms with Crippen molar-refractivity contribution in [2.45, 2.75) is 32.2 Å². The summed E-state index contributed by atoms with van der Waals surface area (Å²) in [6.45, 7) is 2.13. The van der Waals surface area contributed by atoms with Gasteiger partial charge >= 0.3 is 0 Å². The molecule has 62 valence electrons. The molecule has 0 radical (unpaired) electrons. The van der Waals surface area contributed by atoms with Gasteiger partial charge in [-0.1, -0.05) is 19.8 Å². The van der Waals surface area contributed by atoms with Crippen LogP contribution in [0.4, 0.5) is 0 Å². The Kier molecular flexibility index (Phi) is 3.04. The smallest absolute Gasteiger partial charge is 0.232 e. The number of hydrogen-bond donors (Lipinski definition) is 1. The van der Waals surface area contributed by atoms with Crippen molar-refractivity contribution in [2.75, 3.05) is 0 Å². The van der Waals surface area contributed by atoms with Gasteiger partial charge in [0.15, 0.2) is 0 Å². The van der Waals surface area contributed by atoms with E-state index in [9.17, 15) is 0 Å². The summed E-state index contributed by atoms with van der Waals surface area (Å²) in [5.74, 6) is 0.540. The Bertz CT molecular complexity index is 186. The maximum absolute atomic E-state index is 5.73. The van der Waals surface area contributed by atoms with Gasteiger partial charge in [0.05, 0.1) is 6.04 Å². The van der Waals surface area contributed by atoms with Crippen molar-refractivity contribution in [1.29, 1.82) is 0 Å². The van der Waals surface area contributed by atoms with E-state index in [1.54, 1.807) is 0 Å². The van der Waals surface area contributed by atoms with E-state index in [-0.39, 0.29) is 6.04 Å². The first-order valence-electron chi connectivity index (χ1n) is 3.86. The molecule has 1 atom stereocenters. The first kappa shape index (κ1) is 8.20. The summed E-state index contributed by atoms with van der Waals surface area (Å²) < 4.78 is 4.95. The van der Waals surface area contributed by atoms with Gasteiger partial charge in [-0.2, -0.15) is 0 Å². The van der Waals surface area contributed by atoms with E-state index in [2.05, 4.69) is 17.1 Å². The molecule has 1 unspecified atom stereocenters. The Labute approximate surface area is 65.8 Å². The summed E-state index contributed by atoms with van der Waals surface area (Å²) >= 11 is 0. The second kappa shape index (κ2) is 4.08. The average Bonchev–Trinajstić information content (AvgIpc) is 2.52. The SMILES string of the molecule is CCCCC(N)c1nnco1. The molecular weight excluding hydrogens is 142 g/mol. The van der Waals surface area contributed by atoms with Crippen LogP contribution in [0.3, 0.4) is 0 Å². The molecule has 0 aliphatic heterocycles. The molecule has 1 aromatic rings. The highest BCUT2D eigenvalue weighted by molar-refractivity contribution is 4.83. The third kappa shape index (κ3) is 2.31. The van der Waals surface area contributed by atoms with Gasteiger partial charge in [0.25, 0.3) is 0 Å². The standard InChI is InChI=1S/C7H13N3O/c1-2-3-4-6(8)7-10-9-5-11-7/h5-6H,2-4,8H2,1H3. The van der Waals surface area contributed by atoms with Crippen molar-refractivity contribution in [3.63, 3.8) is 0 Å². The number of nitrogens with zero attached hydrogens (tertiary/aromatic N) is 2. The normalized spacial score (nSPS) is 13.3. The summed E-state index contributed by atoms with van der Waals surface area (Å²) in [6.07, 6.45) is 4.46. The highest BCUT2D eigenvalue weighted by Crippen LogP contribution is 2.12. The second-order valence-electron chi connectivity index (χ2n) is 2.53. The molecule has 0 bridgehead atoms. The Morgan fingerprint density at radius 3 is 3.09 bits per heavy atom. The molecular formula is C7H13N3O. The molecule has 1 aromatic heterocycles. The Balaban J connectivity index is 2.36. The van der Waals surface area contributed by atoms with Gasteiger partial charge in [-0.05, 0) is 6.42 Å². The molecule has 1 rings (SSSR count). The molecule has 4 heteroatoms. The van der Waals surface area contributed by atoms with E-state index in [0.29, 0.717) is 5.89 Å². The van der Waals surface area contributed by atoms with Crippen LogP contribution in [0.15, 0.2) is 10.8 Å². The van der Waals surface area contributed by atoms with E-state index in [1.807, 2.05) is 0 Å². The van der Waals surface area contributed by atoms with Gasteiger partial charge < -0.3 is 10.2 Å². The van der Waals surface area contributed by atoms with Gasteiger partial charge in [0, 0.05) is 0 Å². The van der Waals surface area contributed by atoms with Crippen molar-refractivity contribution in [2.24, 2.45) is 5.73 Å². The predicted octanol–water partition coefficient (Wildman–Crippen LogP) is 1.26. The highest BCUT2D eigenvalue weighted by Gasteiger charge is 2.09. The van der Waals surface area contributed by atoms with Gasteiger partial charge in [-0.15, -0.1) is 10.2 Å². The van der Waals surface area contributed by atoms with Crippen molar-refractivity contribution in [3.8, 4) is 0 Å². The lowest BCUT2D eigenvalue weighted by Gasteiger charge is -2.03. The maximum Gasteiger partial charge on any atom is 0.232 e. The monoisotopic (exact) mass is 155 g/mol. The number of aromatic nitrogens is 2. The van der Waals surface area contributed by atoms with Gasteiger partial charge in [0.2, 0.25) is 12.3 Å². The maximum atomic E-state index is 5.73. The molecule has 4 nitrogen and oxygen atoms in total. The lowest BCUT2D eigenvalue weighted by molar-refractivity contribution is 0.429. The number of unbranched alkanes of at least 4 members (excludes halogenated alkanes) is 1. The predicted molar refractivity (Wildman–Crippen MR) is 40.8 cm³/mol. The molecule has 0 saturated carbocycles. The summed E-state index contributed by atoms with van der Waals surface area (Å²) in [6, 6.07) is -0.0857. The van der Waals surface area contributed by atoms with Crippen molar-refractivity contribution < 1.29 is 4.42 Å². The highest BCUT2D eigenvalue weighted by atomic mass is 16.4. The zero-order valence-corrected chi connectivity index (χ0v) is 6.66. The fraction of sp³-hybridized carbons (Fsp3) is 0.714. The van der Waals surface area contributed by atoms with Crippen LogP contribution in [0.2, 0.25) is 0 Å². The van der Waals surface area contributed by atoms with Gasteiger partial charge in [0.1, 0.15) is 0 Å². The molecule has 0 amide bonds. The summed E-state index contributed by atoms with van der Waals surface area (Å²) in [5, 5.41) is 7.28. The Morgan fingerprint density at radius 1 is 1.73 bits per heavy atom. The van der Waals surface area contributed by atoms with E-state index in [0.717, 1.165) is 19.3 Å². The zero-order valence-electron chi connectivity index (χ0n) is 6.66. The first-order chi connectivity index (χ1) is 5.34. The minimum absolute atomic E-state index is 0.0857. The topological polar surface area (TPSA) is 64.9 Å². The quantitative estimate of drug-likeness (QED) is 0.710. The van der Waals surface area contributed by atoms with Crippen molar-refractivity contribution >= 4 is 0 Å². The van der Waals surface area contributed by atoms with Gasteiger partial charge in [-0.3, -0.25) is 0 Å². The molecule has 0 aliphatic rings. The molecule has 1 heterocycles. The lowest BCUT2D eigenvalue weighted by Crippen LogP contribution is -2.10. The lowest BCUT2D eigenvalue weighted by atomic mass is 10.1. The molecule has 0 fully saturated rings. The first-order valence-corrected chi connectivity index (χ1v) is 3.86. The molecule has 2 N–H and O–H groups in total. The summed E-state index contributed by atoms with van der Waals surface area (Å²) in [4.78, 5) is 0. The minimum atomic E-state index is -0.0857. The fourth-order valence-electron chi connectivity index (χ4n) is 0.891. The zero-order chi connectivity index (χ0) is 8.10. The van der Waals surface area contributed by atoms with Crippen LogP contribution in [-0.2, 0) is 0 Å². The number of hydrogen-bond acceptors (Lipinski definition) is 4. The van der Waals surface area contributed by atoms with Crippen LogP contribution < -0.4 is 5.73 Å². The minimum Gasteiger partial charge on any atom is -0.426 e. The van der Waals surface area contributed by atoms with E-state index < -0.39 is 0 Å². The van der Waals surface area contributed by atoms with Crippen LogP contribution >= 0.6 is 0 Å². The molecule has 0 spiro atoms. The summed E-state index contributed by atoms with van der Waals surface area (Å²) in [5.41, 5.74) is 5.73. The molecule has 0 aliphatic carbocycles. The van der Waals surface area contributed by atoms with Crippen LogP contribution in [0, 0.1) is 0 Å². The Morgan fingerprint density at radius 2 is 2.55 bits per heavy atom. The Hall–Kier alpha value is -0.900. The van der Waals surface area contributed by atoms with Crippen LogP contribution in [0.25, 0.3) is 0 Å². The van der Waals surface area contributed by atoms with Crippen LogP contribution in [-0.4, -0.2) is 10.2 Å². The van der Waals surface area contributed by atoms with Crippen LogP contribution in [0.1, 0.15) is 38.1 Å².